The average molecular weight is 240 g/mol. The van der Waals surface area contributed by atoms with Crippen LogP contribution >= 0.6 is 0 Å². The van der Waals surface area contributed by atoms with E-state index in [1.165, 1.54) is 0 Å². The van der Waals surface area contributed by atoms with Gasteiger partial charge in [-0.25, -0.2) is 13.6 Å². The molecule has 0 atom stereocenters. The number of hydrogen-bond donors (Lipinski definition) is 0. The van der Waals surface area contributed by atoms with Gasteiger partial charge in [0.05, 0.1) is 5.56 Å². The van der Waals surface area contributed by atoms with Crippen LogP contribution in [0.15, 0.2) is 18.2 Å². The van der Waals surface area contributed by atoms with Crippen molar-refractivity contribution in [2.24, 2.45) is 0 Å². The summed E-state index contributed by atoms with van der Waals surface area (Å²) < 4.78 is 64.1. The second-order valence-electron chi connectivity index (χ2n) is 2.82. The molecule has 0 N–H and O–H groups in total. The molecular formula is C9H5F5O2. The largest absolute Gasteiger partial charge is 0.452 e. The highest BCUT2D eigenvalue weighted by atomic mass is 19.4. The zero-order chi connectivity index (χ0) is 12.3. The molecule has 0 aromatic heterocycles. The van der Waals surface area contributed by atoms with Gasteiger partial charge in [0, 0.05) is 6.07 Å². The van der Waals surface area contributed by atoms with Gasteiger partial charge in [-0.2, -0.15) is 13.2 Å². The maximum Gasteiger partial charge on any atom is 0.422 e. The SMILES string of the molecule is O=C(OCC(F)(F)F)c1ccc(F)cc1F. The van der Waals surface area contributed by atoms with Crippen LogP contribution in [0, 0.1) is 11.6 Å². The number of halogens is 5. The minimum absolute atomic E-state index is 0.379. The molecule has 0 unspecified atom stereocenters. The second kappa shape index (κ2) is 4.46. The monoisotopic (exact) mass is 240 g/mol. The van der Waals surface area contributed by atoms with Gasteiger partial charge in [-0.05, 0) is 12.1 Å². The molecule has 0 fully saturated rings. The first-order valence-corrected chi connectivity index (χ1v) is 3.98. The molecule has 1 aromatic carbocycles. The van der Waals surface area contributed by atoms with Crippen LogP contribution in [0.25, 0.3) is 0 Å². The highest BCUT2D eigenvalue weighted by Gasteiger charge is 2.30. The standard InChI is InChI=1S/C9H5F5O2/c10-5-1-2-6(7(11)3-5)8(15)16-4-9(12,13)14/h1-3H,4H2. The Hall–Kier alpha value is -1.66. The maximum absolute atomic E-state index is 12.9. The van der Waals surface area contributed by atoms with E-state index in [2.05, 4.69) is 4.74 Å². The molecule has 0 aliphatic heterocycles. The smallest absolute Gasteiger partial charge is 0.422 e. The number of carbonyl (C=O) groups excluding carboxylic acids is 1. The van der Waals surface area contributed by atoms with Gasteiger partial charge in [0.1, 0.15) is 11.6 Å². The van der Waals surface area contributed by atoms with E-state index in [0.717, 1.165) is 6.07 Å². The molecule has 88 valence electrons. The normalized spacial score (nSPS) is 11.3. The predicted molar refractivity (Wildman–Crippen MR) is 42.7 cm³/mol. The number of ether oxygens (including phenoxy) is 1. The van der Waals surface area contributed by atoms with Gasteiger partial charge in [0.15, 0.2) is 6.61 Å². The lowest BCUT2D eigenvalue weighted by molar-refractivity contribution is -0.161. The van der Waals surface area contributed by atoms with Crippen molar-refractivity contribution in [3.05, 3.63) is 35.4 Å². The fraction of sp³-hybridized carbons (Fsp3) is 0.222. The Labute approximate surface area is 86.6 Å². The lowest BCUT2D eigenvalue weighted by Gasteiger charge is -2.08. The highest BCUT2D eigenvalue weighted by molar-refractivity contribution is 5.89. The van der Waals surface area contributed by atoms with Crippen LogP contribution in [-0.2, 0) is 4.74 Å². The van der Waals surface area contributed by atoms with Crippen molar-refractivity contribution >= 4 is 5.97 Å². The molecule has 0 aliphatic rings. The van der Waals surface area contributed by atoms with Gasteiger partial charge < -0.3 is 4.74 Å². The van der Waals surface area contributed by atoms with E-state index in [1.54, 1.807) is 0 Å². The van der Waals surface area contributed by atoms with Gasteiger partial charge in [-0.1, -0.05) is 0 Å². The molecule has 0 spiro atoms. The molecule has 0 amide bonds. The minimum Gasteiger partial charge on any atom is -0.452 e. The van der Waals surface area contributed by atoms with Gasteiger partial charge in [0.25, 0.3) is 0 Å². The van der Waals surface area contributed by atoms with Crippen molar-refractivity contribution < 1.29 is 31.5 Å². The van der Waals surface area contributed by atoms with E-state index in [9.17, 15) is 26.7 Å². The van der Waals surface area contributed by atoms with Crippen LogP contribution < -0.4 is 0 Å². The summed E-state index contributed by atoms with van der Waals surface area (Å²) in [5.41, 5.74) is -0.745. The lowest BCUT2D eigenvalue weighted by Crippen LogP contribution is -2.20. The molecule has 1 aromatic rings. The summed E-state index contributed by atoms with van der Waals surface area (Å²) >= 11 is 0. The van der Waals surface area contributed by atoms with Crippen molar-refractivity contribution in [2.75, 3.05) is 6.61 Å². The topological polar surface area (TPSA) is 26.3 Å². The Bertz CT molecular complexity index is 399. The molecule has 1 rings (SSSR count). The van der Waals surface area contributed by atoms with Crippen molar-refractivity contribution in [1.82, 2.24) is 0 Å². The summed E-state index contributed by atoms with van der Waals surface area (Å²) in [6.45, 7) is -1.82. The van der Waals surface area contributed by atoms with Crippen LogP contribution in [0.4, 0.5) is 22.0 Å². The molecule has 16 heavy (non-hydrogen) atoms. The Morgan fingerprint density at radius 1 is 1.25 bits per heavy atom. The van der Waals surface area contributed by atoms with Crippen LogP contribution in [0.5, 0.6) is 0 Å². The molecule has 0 saturated heterocycles. The van der Waals surface area contributed by atoms with E-state index in [1.807, 2.05) is 0 Å². The minimum atomic E-state index is -4.69. The van der Waals surface area contributed by atoms with Crippen LogP contribution in [0.2, 0.25) is 0 Å². The predicted octanol–water partition coefficient (Wildman–Crippen LogP) is 2.68. The van der Waals surface area contributed by atoms with Crippen molar-refractivity contribution in [3.8, 4) is 0 Å². The number of esters is 1. The van der Waals surface area contributed by atoms with E-state index in [-0.39, 0.29) is 0 Å². The summed E-state index contributed by atoms with van der Waals surface area (Å²) in [5.74, 6) is -3.70. The fourth-order valence-electron chi connectivity index (χ4n) is 0.880. The summed E-state index contributed by atoms with van der Waals surface area (Å²) in [7, 11) is 0. The Morgan fingerprint density at radius 2 is 1.88 bits per heavy atom. The van der Waals surface area contributed by atoms with Gasteiger partial charge in [0.2, 0.25) is 0 Å². The van der Waals surface area contributed by atoms with E-state index < -0.39 is 36.0 Å². The Balaban J connectivity index is 2.74. The molecule has 0 heterocycles. The average Bonchev–Trinajstić information content (AvgIpc) is 2.13. The van der Waals surface area contributed by atoms with Crippen LogP contribution in [0.1, 0.15) is 10.4 Å². The molecular weight excluding hydrogens is 235 g/mol. The molecule has 0 saturated carbocycles. The quantitative estimate of drug-likeness (QED) is 0.586. The zero-order valence-corrected chi connectivity index (χ0v) is 7.65. The number of alkyl halides is 3. The second-order valence-corrected chi connectivity index (χ2v) is 2.82. The summed E-state index contributed by atoms with van der Waals surface area (Å²) in [6, 6.07) is 1.83. The first-order chi connectivity index (χ1) is 7.29. The Kier molecular flexibility index (Phi) is 3.46. The maximum atomic E-state index is 12.9. The van der Waals surface area contributed by atoms with E-state index in [4.69, 9.17) is 0 Å². The molecule has 7 heteroatoms. The molecule has 0 radical (unpaired) electrons. The zero-order valence-electron chi connectivity index (χ0n) is 7.65. The summed E-state index contributed by atoms with van der Waals surface area (Å²) in [6.07, 6.45) is -4.69. The number of benzene rings is 1. The molecule has 0 aliphatic carbocycles. The highest BCUT2D eigenvalue weighted by Crippen LogP contribution is 2.17. The third-order valence-electron chi connectivity index (χ3n) is 1.52. The van der Waals surface area contributed by atoms with E-state index >= 15 is 0 Å². The first-order valence-electron chi connectivity index (χ1n) is 3.98. The van der Waals surface area contributed by atoms with Crippen LogP contribution in [-0.4, -0.2) is 18.8 Å². The van der Waals surface area contributed by atoms with Gasteiger partial charge in [-0.3, -0.25) is 0 Å². The Morgan fingerprint density at radius 3 is 2.38 bits per heavy atom. The van der Waals surface area contributed by atoms with Crippen LogP contribution in [0.3, 0.4) is 0 Å². The fourth-order valence-corrected chi connectivity index (χ4v) is 0.880. The van der Waals surface area contributed by atoms with E-state index in [0.29, 0.717) is 12.1 Å². The third kappa shape index (κ3) is 3.48. The first kappa shape index (κ1) is 12.4. The summed E-state index contributed by atoms with van der Waals surface area (Å²) in [4.78, 5) is 10.9. The van der Waals surface area contributed by atoms with Crippen molar-refractivity contribution in [1.29, 1.82) is 0 Å². The van der Waals surface area contributed by atoms with Gasteiger partial charge in [-0.15, -0.1) is 0 Å². The number of rotatable bonds is 2. The molecule has 0 bridgehead atoms. The number of carbonyl (C=O) groups is 1. The number of hydrogen-bond acceptors (Lipinski definition) is 2. The summed E-state index contributed by atoms with van der Waals surface area (Å²) in [5, 5.41) is 0. The van der Waals surface area contributed by atoms with Crippen molar-refractivity contribution in [2.45, 2.75) is 6.18 Å². The lowest BCUT2D eigenvalue weighted by atomic mass is 10.2. The van der Waals surface area contributed by atoms with Crippen molar-refractivity contribution in [3.63, 3.8) is 0 Å². The molecule has 2 nitrogen and oxygen atoms in total. The third-order valence-corrected chi connectivity index (χ3v) is 1.52. The van der Waals surface area contributed by atoms with Gasteiger partial charge >= 0.3 is 12.1 Å².